The van der Waals surface area contributed by atoms with E-state index in [1.54, 1.807) is 0 Å². The second kappa shape index (κ2) is 29.2. The summed E-state index contributed by atoms with van der Waals surface area (Å²) in [5.41, 5.74) is 0. The maximum atomic E-state index is 12.2. The standard InChI is InChI=1S/C33H62O4/c1-3-5-6-7-8-9-10-11-12-13-14-18-21-24-27-30-33(36)37-31(4-2)28-25-22-19-16-15-17-20-23-26-29-32(34)35/h11-12,31H,3-10,13-30H2,1-2H3,(H,34,35)/b12-11-. The zero-order valence-electron chi connectivity index (χ0n) is 24.8. The summed E-state index contributed by atoms with van der Waals surface area (Å²) in [5, 5.41) is 8.64. The van der Waals surface area contributed by atoms with Gasteiger partial charge in [0, 0.05) is 12.8 Å². The molecule has 0 aliphatic carbocycles. The maximum Gasteiger partial charge on any atom is 0.306 e. The smallest absolute Gasteiger partial charge is 0.306 e. The van der Waals surface area contributed by atoms with Crippen molar-refractivity contribution in [2.75, 3.05) is 0 Å². The summed E-state index contributed by atoms with van der Waals surface area (Å²) in [6.07, 6.45) is 34.4. The van der Waals surface area contributed by atoms with E-state index in [-0.39, 0.29) is 12.1 Å². The van der Waals surface area contributed by atoms with Gasteiger partial charge in [0.05, 0.1) is 0 Å². The molecule has 1 unspecified atom stereocenters. The van der Waals surface area contributed by atoms with E-state index in [4.69, 9.17) is 9.84 Å². The highest BCUT2D eigenvalue weighted by molar-refractivity contribution is 5.69. The average Bonchev–Trinajstić information content (AvgIpc) is 2.88. The van der Waals surface area contributed by atoms with Crippen LogP contribution in [0.3, 0.4) is 0 Å². The number of carboxylic acid groups (broad SMARTS) is 1. The van der Waals surface area contributed by atoms with Crippen molar-refractivity contribution < 1.29 is 19.4 Å². The van der Waals surface area contributed by atoms with Gasteiger partial charge < -0.3 is 9.84 Å². The number of ether oxygens (including phenoxy) is 1. The maximum absolute atomic E-state index is 12.2. The lowest BCUT2D eigenvalue weighted by Gasteiger charge is -2.16. The van der Waals surface area contributed by atoms with Gasteiger partial charge in [0.2, 0.25) is 0 Å². The summed E-state index contributed by atoms with van der Waals surface area (Å²) in [7, 11) is 0. The van der Waals surface area contributed by atoms with Crippen LogP contribution in [0, 0.1) is 0 Å². The first-order chi connectivity index (χ1) is 18.1. The Morgan fingerprint density at radius 2 is 1.03 bits per heavy atom. The van der Waals surface area contributed by atoms with Crippen LogP contribution >= 0.6 is 0 Å². The Hall–Kier alpha value is -1.32. The quantitative estimate of drug-likeness (QED) is 0.0602. The van der Waals surface area contributed by atoms with Crippen LogP contribution in [0.1, 0.15) is 181 Å². The molecule has 1 N–H and O–H groups in total. The molecule has 0 fully saturated rings. The predicted molar refractivity (Wildman–Crippen MR) is 158 cm³/mol. The normalized spacial score (nSPS) is 12.3. The van der Waals surface area contributed by atoms with Crippen molar-refractivity contribution in [3.63, 3.8) is 0 Å². The minimum atomic E-state index is -0.681. The average molecular weight is 523 g/mol. The van der Waals surface area contributed by atoms with E-state index in [1.807, 2.05) is 0 Å². The van der Waals surface area contributed by atoms with Crippen molar-refractivity contribution in [3.8, 4) is 0 Å². The molecule has 0 amide bonds. The largest absolute Gasteiger partial charge is 0.481 e. The molecule has 0 radical (unpaired) electrons. The fourth-order valence-corrected chi connectivity index (χ4v) is 4.82. The highest BCUT2D eigenvalue weighted by Gasteiger charge is 2.12. The first-order valence-electron chi connectivity index (χ1n) is 16.2. The minimum Gasteiger partial charge on any atom is -0.481 e. The molecule has 4 nitrogen and oxygen atoms in total. The summed E-state index contributed by atoms with van der Waals surface area (Å²) < 4.78 is 5.73. The van der Waals surface area contributed by atoms with Gasteiger partial charge in [-0.25, -0.2) is 0 Å². The molecular formula is C33H62O4. The van der Waals surface area contributed by atoms with Crippen LogP contribution in [-0.2, 0) is 14.3 Å². The second-order valence-corrected chi connectivity index (χ2v) is 11.0. The van der Waals surface area contributed by atoms with E-state index < -0.39 is 5.97 Å². The molecule has 0 bridgehead atoms. The van der Waals surface area contributed by atoms with E-state index in [9.17, 15) is 9.59 Å². The van der Waals surface area contributed by atoms with Crippen molar-refractivity contribution in [2.24, 2.45) is 0 Å². The summed E-state index contributed by atoms with van der Waals surface area (Å²) >= 11 is 0. The molecule has 4 heteroatoms. The zero-order chi connectivity index (χ0) is 27.2. The number of rotatable bonds is 29. The highest BCUT2D eigenvalue weighted by atomic mass is 16.5. The van der Waals surface area contributed by atoms with E-state index >= 15 is 0 Å². The van der Waals surface area contributed by atoms with Gasteiger partial charge in [-0.05, 0) is 57.8 Å². The van der Waals surface area contributed by atoms with Crippen molar-refractivity contribution in [3.05, 3.63) is 12.2 Å². The van der Waals surface area contributed by atoms with Gasteiger partial charge in [-0.2, -0.15) is 0 Å². The Kier molecular flexibility index (Phi) is 28.2. The lowest BCUT2D eigenvalue weighted by atomic mass is 10.0. The van der Waals surface area contributed by atoms with E-state index in [2.05, 4.69) is 26.0 Å². The number of aliphatic carboxylic acids is 1. The molecule has 218 valence electrons. The molecule has 0 aromatic carbocycles. The molecule has 0 aliphatic rings. The molecule has 0 aliphatic heterocycles. The number of hydrogen-bond donors (Lipinski definition) is 1. The van der Waals surface area contributed by atoms with Gasteiger partial charge in [0.25, 0.3) is 0 Å². The first kappa shape index (κ1) is 35.7. The molecule has 0 heterocycles. The van der Waals surface area contributed by atoms with Gasteiger partial charge in [-0.15, -0.1) is 0 Å². The Labute approximate surface area is 230 Å². The number of carbonyl (C=O) groups excluding carboxylic acids is 1. The number of carbonyl (C=O) groups is 2. The van der Waals surface area contributed by atoms with Crippen molar-refractivity contribution in [2.45, 2.75) is 187 Å². The lowest BCUT2D eigenvalue weighted by molar-refractivity contribution is -0.149. The van der Waals surface area contributed by atoms with Crippen molar-refractivity contribution in [1.29, 1.82) is 0 Å². The van der Waals surface area contributed by atoms with Crippen molar-refractivity contribution in [1.82, 2.24) is 0 Å². The second-order valence-electron chi connectivity index (χ2n) is 11.0. The van der Waals surface area contributed by atoms with Gasteiger partial charge in [0.15, 0.2) is 0 Å². The Bertz CT molecular complexity index is 528. The fraction of sp³-hybridized carbons (Fsp3) is 0.879. The Balaban J connectivity index is 3.47. The van der Waals surface area contributed by atoms with E-state index in [0.29, 0.717) is 12.8 Å². The van der Waals surface area contributed by atoms with E-state index in [1.165, 1.54) is 103 Å². The third kappa shape index (κ3) is 29.1. The van der Waals surface area contributed by atoms with Gasteiger partial charge in [0.1, 0.15) is 6.10 Å². The molecule has 1 atom stereocenters. The highest BCUT2D eigenvalue weighted by Crippen LogP contribution is 2.16. The molecular weight excluding hydrogens is 460 g/mol. The molecule has 0 saturated heterocycles. The van der Waals surface area contributed by atoms with Gasteiger partial charge >= 0.3 is 11.9 Å². The van der Waals surface area contributed by atoms with Crippen LogP contribution < -0.4 is 0 Å². The lowest BCUT2D eigenvalue weighted by Crippen LogP contribution is -2.17. The number of unbranched alkanes of at least 4 members (excludes halogenated alkanes) is 19. The van der Waals surface area contributed by atoms with Crippen LogP contribution in [0.2, 0.25) is 0 Å². The van der Waals surface area contributed by atoms with Crippen LogP contribution in [-0.4, -0.2) is 23.1 Å². The number of hydrogen-bond acceptors (Lipinski definition) is 3. The predicted octanol–water partition coefficient (Wildman–Crippen LogP) is 10.7. The first-order valence-corrected chi connectivity index (χ1v) is 16.2. The molecule has 37 heavy (non-hydrogen) atoms. The summed E-state index contributed by atoms with van der Waals surface area (Å²) in [6, 6.07) is 0. The molecule has 0 aromatic rings. The SMILES string of the molecule is CCCCCCCC/C=C\CCCCCCCC(=O)OC(CC)CCCCCCCCCCCC(=O)O. The third-order valence-corrected chi connectivity index (χ3v) is 7.31. The minimum absolute atomic E-state index is 0.00706. The van der Waals surface area contributed by atoms with Crippen LogP contribution in [0.15, 0.2) is 12.2 Å². The number of allylic oxidation sites excluding steroid dienone is 2. The summed E-state index contributed by atoms with van der Waals surface area (Å²) in [4.78, 5) is 22.7. The Morgan fingerprint density at radius 3 is 1.51 bits per heavy atom. The Morgan fingerprint density at radius 1 is 0.595 bits per heavy atom. The molecule has 0 aromatic heterocycles. The third-order valence-electron chi connectivity index (χ3n) is 7.31. The monoisotopic (exact) mass is 522 g/mol. The fourth-order valence-electron chi connectivity index (χ4n) is 4.82. The van der Waals surface area contributed by atoms with Gasteiger partial charge in [-0.1, -0.05) is 122 Å². The van der Waals surface area contributed by atoms with Crippen LogP contribution in [0.25, 0.3) is 0 Å². The summed E-state index contributed by atoms with van der Waals surface area (Å²) in [5.74, 6) is -0.688. The van der Waals surface area contributed by atoms with Gasteiger partial charge in [-0.3, -0.25) is 9.59 Å². The van der Waals surface area contributed by atoms with Crippen molar-refractivity contribution >= 4 is 11.9 Å². The topological polar surface area (TPSA) is 63.6 Å². The molecule has 0 spiro atoms. The zero-order valence-corrected chi connectivity index (χ0v) is 24.8. The number of carboxylic acids is 1. The van der Waals surface area contributed by atoms with E-state index in [0.717, 1.165) is 51.4 Å². The summed E-state index contributed by atoms with van der Waals surface area (Å²) in [6.45, 7) is 4.38. The van der Waals surface area contributed by atoms with Crippen LogP contribution in [0.4, 0.5) is 0 Å². The molecule has 0 saturated carbocycles. The number of esters is 1. The molecule has 0 rings (SSSR count). The van der Waals surface area contributed by atoms with Crippen LogP contribution in [0.5, 0.6) is 0 Å².